The minimum absolute atomic E-state index is 0.173. The summed E-state index contributed by atoms with van der Waals surface area (Å²) in [4.78, 5) is 31.4. The third-order valence-corrected chi connectivity index (χ3v) is 2.68. The van der Waals surface area contributed by atoms with E-state index in [4.69, 9.17) is 5.11 Å². The summed E-state index contributed by atoms with van der Waals surface area (Å²) in [6.07, 6.45) is 0.244. The Labute approximate surface area is 104 Å². The molecule has 0 saturated heterocycles. The van der Waals surface area contributed by atoms with Crippen molar-refractivity contribution in [1.29, 1.82) is 0 Å². The van der Waals surface area contributed by atoms with Crippen LogP contribution in [-0.2, 0) is 4.79 Å². The highest BCUT2D eigenvalue weighted by Gasteiger charge is 2.28. The van der Waals surface area contributed by atoms with Crippen LogP contribution in [0.3, 0.4) is 0 Å². The van der Waals surface area contributed by atoms with Crippen molar-refractivity contribution in [3.8, 4) is 0 Å². The highest BCUT2D eigenvalue weighted by atomic mass is 79.9. The minimum Gasteiger partial charge on any atom is -0.477 e. The average Bonchev–Trinajstić information content (AvgIpc) is 2.20. The van der Waals surface area contributed by atoms with Gasteiger partial charge >= 0.3 is 11.7 Å². The van der Waals surface area contributed by atoms with Crippen molar-refractivity contribution in [3.63, 3.8) is 0 Å². The molecule has 1 amide bonds. The number of carbonyl (C=O) groups is 2. The molecular formula is C9H7BrN2O5. The van der Waals surface area contributed by atoms with Crippen molar-refractivity contribution in [3.05, 3.63) is 31.8 Å². The van der Waals surface area contributed by atoms with Gasteiger partial charge in [0.05, 0.1) is 4.92 Å². The van der Waals surface area contributed by atoms with Crippen molar-refractivity contribution >= 4 is 39.7 Å². The lowest BCUT2D eigenvalue weighted by molar-refractivity contribution is -0.384. The summed E-state index contributed by atoms with van der Waals surface area (Å²) in [5.74, 6) is -1.42. The molecule has 0 radical (unpaired) electrons. The zero-order valence-corrected chi connectivity index (χ0v) is 10.1. The zero-order chi connectivity index (χ0) is 13.2. The first kappa shape index (κ1) is 13.1. The van der Waals surface area contributed by atoms with E-state index in [0.717, 1.165) is 0 Å². The highest BCUT2D eigenvalue weighted by Crippen LogP contribution is 2.37. The molecule has 0 bridgehead atoms. The summed E-state index contributed by atoms with van der Waals surface area (Å²) in [6.45, 7) is 1.44. The Kier molecular flexibility index (Phi) is 3.79. The number of hydrogen-bond acceptors (Lipinski definition) is 4. The first-order valence-electron chi connectivity index (χ1n) is 4.31. The first-order valence-corrected chi connectivity index (χ1v) is 5.10. The Bertz CT molecular complexity index is 515. The van der Waals surface area contributed by atoms with Crippen molar-refractivity contribution < 1.29 is 19.6 Å². The Morgan fingerprint density at radius 2 is 2.24 bits per heavy atom. The lowest BCUT2D eigenvalue weighted by Crippen LogP contribution is -2.09. The summed E-state index contributed by atoms with van der Waals surface area (Å²) in [5.41, 5.74) is -1.03. The second-order valence-corrected chi connectivity index (χ2v) is 3.95. The molecule has 7 nitrogen and oxygen atoms in total. The second kappa shape index (κ2) is 4.91. The van der Waals surface area contributed by atoms with Gasteiger partial charge in [-0.1, -0.05) is 0 Å². The van der Waals surface area contributed by atoms with Gasteiger partial charge in [-0.2, -0.15) is 0 Å². The Morgan fingerprint density at radius 1 is 1.65 bits per heavy atom. The van der Waals surface area contributed by atoms with Gasteiger partial charge in [-0.05, 0) is 34.5 Å². The summed E-state index contributed by atoms with van der Waals surface area (Å²) in [5, 5.41) is 22.0. The fourth-order valence-corrected chi connectivity index (χ4v) is 2.05. The third-order valence-electron chi connectivity index (χ3n) is 2.05. The molecule has 0 spiro atoms. The van der Waals surface area contributed by atoms with Crippen LogP contribution >= 0.6 is 15.9 Å². The second-order valence-electron chi connectivity index (χ2n) is 3.10. The molecule has 1 aromatic rings. The van der Waals surface area contributed by atoms with Crippen molar-refractivity contribution in [2.45, 2.75) is 6.92 Å². The van der Waals surface area contributed by atoms with Crippen LogP contribution in [0.15, 0.2) is 10.5 Å². The van der Waals surface area contributed by atoms with Gasteiger partial charge in [0.25, 0.3) is 0 Å². The van der Waals surface area contributed by atoms with Gasteiger partial charge in [-0.3, -0.25) is 14.9 Å². The van der Waals surface area contributed by atoms with E-state index in [2.05, 4.69) is 21.2 Å². The van der Waals surface area contributed by atoms with Crippen LogP contribution < -0.4 is 5.32 Å². The predicted octanol–water partition coefficient (Wildman–Crippen LogP) is 1.93. The van der Waals surface area contributed by atoms with E-state index < -0.39 is 22.1 Å². The molecule has 0 aliphatic rings. The molecule has 1 rings (SSSR count). The molecule has 0 fully saturated rings. The van der Waals surface area contributed by atoms with E-state index in [0.29, 0.717) is 0 Å². The smallest absolute Gasteiger partial charge is 0.343 e. The number of aromatic carboxylic acids is 1. The first-order chi connectivity index (χ1) is 7.90. The van der Waals surface area contributed by atoms with Crippen LogP contribution in [0.1, 0.15) is 15.9 Å². The van der Waals surface area contributed by atoms with Gasteiger partial charge in [0.1, 0.15) is 11.3 Å². The molecule has 2 N–H and O–H groups in total. The van der Waals surface area contributed by atoms with Crippen LogP contribution in [0, 0.1) is 17.0 Å². The number of hydrogen-bond donors (Lipinski definition) is 2. The summed E-state index contributed by atoms with van der Waals surface area (Å²) in [7, 11) is 0. The number of nitro benzene ring substituents is 1. The van der Waals surface area contributed by atoms with Gasteiger partial charge < -0.3 is 10.4 Å². The number of carbonyl (C=O) groups excluding carboxylic acids is 1. The standard InChI is InChI=1S/C9H7BrN2O5/c1-4-2-5(10)7(11-3-13)8(12(16)17)6(4)9(14)15/h2-3H,1H3,(H,11,13)(H,14,15). The maximum atomic E-state index is 11.0. The number of nitrogens with one attached hydrogen (secondary N) is 1. The molecule has 0 aromatic heterocycles. The SMILES string of the molecule is Cc1cc(Br)c(NC=O)c([N+](=O)[O-])c1C(=O)O. The van der Waals surface area contributed by atoms with E-state index in [1.807, 2.05) is 0 Å². The monoisotopic (exact) mass is 302 g/mol. The van der Waals surface area contributed by atoms with Crippen LogP contribution in [-0.4, -0.2) is 22.4 Å². The minimum atomic E-state index is -1.42. The van der Waals surface area contributed by atoms with Gasteiger partial charge in [0, 0.05) is 4.47 Å². The number of rotatable bonds is 4. The largest absolute Gasteiger partial charge is 0.477 e. The molecule has 1 aromatic carbocycles. The van der Waals surface area contributed by atoms with Crippen LogP contribution in [0.4, 0.5) is 11.4 Å². The third kappa shape index (κ3) is 2.41. The van der Waals surface area contributed by atoms with E-state index in [9.17, 15) is 19.7 Å². The average molecular weight is 303 g/mol. The fourth-order valence-electron chi connectivity index (χ4n) is 1.41. The number of amides is 1. The number of aryl methyl sites for hydroxylation is 1. The van der Waals surface area contributed by atoms with Crippen LogP contribution in [0.2, 0.25) is 0 Å². The number of nitrogens with zero attached hydrogens (tertiary/aromatic N) is 1. The maximum Gasteiger partial charge on any atom is 0.343 e. The number of benzene rings is 1. The van der Waals surface area contributed by atoms with Crippen LogP contribution in [0.5, 0.6) is 0 Å². The molecule has 0 heterocycles. The number of carboxylic acid groups (broad SMARTS) is 1. The number of halogens is 1. The van der Waals surface area contributed by atoms with Crippen molar-refractivity contribution in [1.82, 2.24) is 0 Å². The normalized spacial score (nSPS) is 9.76. The van der Waals surface area contributed by atoms with Crippen LogP contribution in [0.25, 0.3) is 0 Å². The molecule has 0 aliphatic carbocycles. The molecule has 17 heavy (non-hydrogen) atoms. The van der Waals surface area contributed by atoms with Gasteiger partial charge in [0.15, 0.2) is 0 Å². The summed E-state index contributed by atoms with van der Waals surface area (Å²) < 4.78 is 0.249. The fraction of sp³-hybridized carbons (Fsp3) is 0.111. The van der Waals surface area contributed by atoms with Crippen molar-refractivity contribution in [2.75, 3.05) is 5.32 Å². The zero-order valence-electron chi connectivity index (χ0n) is 8.56. The highest BCUT2D eigenvalue weighted by molar-refractivity contribution is 9.10. The molecule has 0 aliphatic heterocycles. The predicted molar refractivity (Wildman–Crippen MR) is 62.2 cm³/mol. The molecule has 0 atom stereocenters. The van der Waals surface area contributed by atoms with E-state index in [1.54, 1.807) is 0 Å². The molecule has 0 saturated carbocycles. The van der Waals surface area contributed by atoms with Gasteiger partial charge in [0.2, 0.25) is 6.41 Å². The van der Waals surface area contributed by atoms with Crippen molar-refractivity contribution in [2.24, 2.45) is 0 Å². The summed E-state index contributed by atoms with van der Waals surface area (Å²) >= 11 is 3.03. The Hall–Kier alpha value is -1.96. The summed E-state index contributed by atoms with van der Waals surface area (Å²) in [6, 6.07) is 1.39. The number of nitro groups is 1. The number of anilines is 1. The number of carboxylic acids is 1. The van der Waals surface area contributed by atoms with E-state index in [-0.39, 0.29) is 22.1 Å². The Balaban J connectivity index is 3.70. The Morgan fingerprint density at radius 3 is 2.65 bits per heavy atom. The lowest BCUT2D eigenvalue weighted by atomic mass is 10.1. The molecule has 90 valence electrons. The molecule has 0 unspecified atom stereocenters. The van der Waals surface area contributed by atoms with Gasteiger partial charge in [-0.15, -0.1) is 0 Å². The van der Waals surface area contributed by atoms with Gasteiger partial charge in [-0.25, -0.2) is 4.79 Å². The topological polar surface area (TPSA) is 110 Å². The van der Waals surface area contributed by atoms with E-state index >= 15 is 0 Å². The lowest BCUT2D eigenvalue weighted by Gasteiger charge is -2.09. The quantitative estimate of drug-likeness (QED) is 0.502. The molecule has 8 heteroatoms. The molecular weight excluding hydrogens is 296 g/mol. The van der Waals surface area contributed by atoms with E-state index in [1.165, 1.54) is 13.0 Å². The maximum absolute atomic E-state index is 11.0.